The summed E-state index contributed by atoms with van der Waals surface area (Å²) >= 11 is 0. The van der Waals surface area contributed by atoms with Gasteiger partial charge in [-0.05, 0) is 24.6 Å². The van der Waals surface area contributed by atoms with Crippen LogP contribution in [-0.2, 0) is 10.0 Å². The van der Waals surface area contributed by atoms with Crippen LogP contribution in [0.15, 0.2) is 18.2 Å². The first-order valence-electron chi connectivity index (χ1n) is 5.53. The SMILES string of the molecule is CCCCCS(=O)(=O)Nc1ccc(O)c(N)c1. The van der Waals surface area contributed by atoms with Crippen LogP contribution in [0.4, 0.5) is 11.4 Å². The number of nitrogen functional groups attached to an aromatic ring is 1. The molecule has 0 aromatic heterocycles. The normalized spacial score (nSPS) is 11.4. The summed E-state index contributed by atoms with van der Waals surface area (Å²) in [4.78, 5) is 0. The maximum Gasteiger partial charge on any atom is 0.232 e. The van der Waals surface area contributed by atoms with E-state index in [1.54, 1.807) is 0 Å². The standard InChI is InChI=1S/C11H18N2O3S/c1-2-3-4-7-17(15,16)13-9-5-6-11(14)10(12)8-9/h5-6,8,13-14H,2-4,7,12H2,1H3. The molecule has 0 aliphatic rings. The summed E-state index contributed by atoms with van der Waals surface area (Å²) < 4.78 is 25.7. The van der Waals surface area contributed by atoms with Crippen molar-refractivity contribution in [3.05, 3.63) is 18.2 Å². The van der Waals surface area contributed by atoms with Gasteiger partial charge in [0, 0.05) is 0 Å². The first kappa shape index (κ1) is 13.6. The van der Waals surface area contributed by atoms with Crippen LogP contribution in [0.5, 0.6) is 5.75 Å². The van der Waals surface area contributed by atoms with Gasteiger partial charge in [0.2, 0.25) is 10.0 Å². The fraction of sp³-hybridized carbons (Fsp3) is 0.455. The molecule has 17 heavy (non-hydrogen) atoms. The van der Waals surface area contributed by atoms with Crippen molar-refractivity contribution in [3.63, 3.8) is 0 Å². The number of anilines is 2. The summed E-state index contributed by atoms with van der Waals surface area (Å²) in [6.07, 6.45) is 2.50. The van der Waals surface area contributed by atoms with Gasteiger partial charge in [0.25, 0.3) is 0 Å². The van der Waals surface area contributed by atoms with Gasteiger partial charge in [-0.1, -0.05) is 19.8 Å². The molecule has 0 spiro atoms. The van der Waals surface area contributed by atoms with Crippen molar-refractivity contribution in [2.75, 3.05) is 16.2 Å². The molecular formula is C11H18N2O3S. The molecule has 1 aromatic carbocycles. The van der Waals surface area contributed by atoms with Crippen LogP contribution in [0.2, 0.25) is 0 Å². The Bertz CT molecular complexity index is 472. The Balaban J connectivity index is 2.66. The van der Waals surface area contributed by atoms with Crippen LogP contribution in [0.3, 0.4) is 0 Å². The minimum atomic E-state index is -3.32. The van der Waals surface area contributed by atoms with Gasteiger partial charge >= 0.3 is 0 Å². The lowest BCUT2D eigenvalue weighted by atomic mass is 10.3. The van der Waals surface area contributed by atoms with Crippen LogP contribution in [0, 0.1) is 0 Å². The number of phenolic OH excluding ortho intramolecular Hbond substituents is 1. The molecule has 1 aromatic rings. The smallest absolute Gasteiger partial charge is 0.232 e. The number of nitrogens with one attached hydrogen (secondary N) is 1. The van der Waals surface area contributed by atoms with E-state index in [4.69, 9.17) is 5.73 Å². The number of aromatic hydroxyl groups is 1. The van der Waals surface area contributed by atoms with E-state index in [-0.39, 0.29) is 17.2 Å². The highest BCUT2D eigenvalue weighted by atomic mass is 32.2. The molecule has 0 saturated carbocycles. The van der Waals surface area contributed by atoms with Crippen molar-refractivity contribution in [1.29, 1.82) is 0 Å². The van der Waals surface area contributed by atoms with E-state index in [1.165, 1.54) is 18.2 Å². The highest BCUT2D eigenvalue weighted by Gasteiger charge is 2.10. The molecule has 0 aliphatic carbocycles. The fourth-order valence-electron chi connectivity index (χ4n) is 1.39. The lowest BCUT2D eigenvalue weighted by Gasteiger charge is -2.08. The molecule has 0 unspecified atom stereocenters. The van der Waals surface area contributed by atoms with Crippen molar-refractivity contribution in [1.82, 2.24) is 0 Å². The quantitative estimate of drug-likeness (QED) is 0.314. The Hall–Kier alpha value is -1.43. The zero-order valence-corrected chi connectivity index (χ0v) is 10.6. The van der Waals surface area contributed by atoms with E-state index in [0.29, 0.717) is 12.1 Å². The average Bonchev–Trinajstić information content (AvgIpc) is 2.23. The molecule has 1 rings (SSSR count). The molecule has 0 atom stereocenters. The van der Waals surface area contributed by atoms with E-state index in [0.717, 1.165) is 12.8 Å². The minimum Gasteiger partial charge on any atom is -0.506 e. The molecule has 0 heterocycles. The van der Waals surface area contributed by atoms with Crippen molar-refractivity contribution in [2.45, 2.75) is 26.2 Å². The molecule has 0 bridgehead atoms. The molecular weight excluding hydrogens is 240 g/mol. The third kappa shape index (κ3) is 4.52. The van der Waals surface area contributed by atoms with Gasteiger partial charge in [0.15, 0.2) is 0 Å². The number of benzene rings is 1. The van der Waals surface area contributed by atoms with Gasteiger partial charge in [-0.2, -0.15) is 0 Å². The number of nitrogens with two attached hydrogens (primary N) is 1. The molecule has 0 fully saturated rings. The monoisotopic (exact) mass is 258 g/mol. The first-order valence-corrected chi connectivity index (χ1v) is 7.19. The topological polar surface area (TPSA) is 92.4 Å². The summed E-state index contributed by atoms with van der Waals surface area (Å²) in [7, 11) is -3.32. The number of unbranched alkanes of at least 4 members (excludes halogenated alkanes) is 2. The van der Waals surface area contributed by atoms with E-state index < -0.39 is 10.0 Å². The summed E-state index contributed by atoms with van der Waals surface area (Å²) in [5.74, 6) is 0.0423. The van der Waals surface area contributed by atoms with E-state index in [9.17, 15) is 13.5 Å². The Morgan fingerprint density at radius 2 is 2.06 bits per heavy atom. The second kappa shape index (κ2) is 5.77. The Kier molecular flexibility index (Phi) is 4.62. The fourth-order valence-corrected chi connectivity index (χ4v) is 2.56. The summed E-state index contributed by atoms with van der Waals surface area (Å²) in [6, 6.07) is 4.23. The van der Waals surface area contributed by atoms with Gasteiger partial charge in [-0.15, -0.1) is 0 Å². The first-order chi connectivity index (χ1) is 7.94. The number of hydrogen-bond donors (Lipinski definition) is 3. The Labute approximate surface area is 102 Å². The van der Waals surface area contributed by atoms with E-state index in [1.807, 2.05) is 6.92 Å². The van der Waals surface area contributed by atoms with Gasteiger partial charge in [0.05, 0.1) is 17.1 Å². The zero-order valence-electron chi connectivity index (χ0n) is 9.81. The predicted molar refractivity (Wildman–Crippen MR) is 69.5 cm³/mol. The van der Waals surface area contributed by atoms with Crippen LogP contribution >= 0.6 is 0 Å². The lowest BCUT2D eigenvalue weighted by Crippen LogP contribution is -2.16. The predicted octanol–water partition coefficient (Wildman–Crippen LogP) is 1.91. The number of rotatable bonds is 6. The lowest BCUT2D eigenvalue weighted by molar-refractivity contribution is 0.478. The van der Waals surface area contributed by atoms with Gasteiger partial charge in [-0.3, -0.25) is 4.72 Å². The van der Waals surface area contributed by atoms with Crippen molar-refractivity contribution in [2.24, 2.45) is 0 Å². The van der Waals surface area contributed by atoms with Crippen molar-refractivity contribution in [3.8, 4) is 5.75 Å². The Morgan fingerprint density at radius 1 is 1.35 bits per heavy atom. The Morgan fingerprint density at radius 3 is 2.65 bits per heavy atom. The van der Waals surface area contributed by atoms with Gasteiger partial charge < -0.3 is 10.8 Å². The molecule has 0 amide bonds. The molecule has 6 heteroatoms. The average molecular weight is 258 g/mol. The zero-order chi connectivity index (χ0) is 12.9. The van der Waals surface area contributed by atoms with Crippen LogP contribution in [-0.4, -0.2) is 19.3 Å². The molecule has 0 saturated heterocycles. The second-order valence-electron chi connectivity index (χ2n) is 3.90. The third-order valence-corrected chi connectivity index (χ3v) is 3.69. The number of phenols is 1. The highest BCUT2D eigenvalue weighted by molar-refractivity contribution is 7.92. The van der Waals surface area contributed by atoms with E-state index >= 15 is 0 Å². The largest absolute Gasteiger partial charge is 0.506 e. The molecule has 5 nitrogen and oxygen atoms in total. The summed E-state index contributed by atoms with van der Waals surface area (Å²) in [5.41, 5.74) is 6.00. The third-order valence-electron chi connectivity index (χ3n) is 2.32. The van der Waals surface area contributed by atoms with Gasteiger partial charge in [0.1, 0.15) is 5.75 Å². The molecule has 4 N–H and O–H groups in total. The van der Waals surface area contributed by atoms with Crippen molar-refractivity contribution >= 4 is 21.4 Å². The van der Waals surface area contributed by atoms with E-state index in [2.05, 4.69) is 4.72 Å². The highest BCUT2D eigenvalue weighted by Crippen LogP contribution is 2.24. The number of sulfonamides is 1. The van der Waals surface area contributed by atoms with Crippen molar-refractivity contribution < 1.29 is 13.5 Å². The summed E-state index contributed by atoms with van der Waals surface area (Å²) in [6.45, 7) is 2.01. The molecule has 0 radical (unpaired) electrons. The minimum absolute atomic E-state index is 0.0565. The maximum atomic E-state index is 11.7. The summed E-state index contributed by atoms with van der Waals surface area (Å²) in [5, 5.41) is 9.21. The maximum absolute atomic E-state index is 11.7. The van der Waals surface area contributed by atoms with Crippen LogP contribution in [0.25, 0.3) is 0 Å². The molecule has 96 valence electrons. The van der Waals surface area contributed by atoms with Crippen LogP contribution < -0.4 is 10.5 Å². The van der Waals surface area contributed by atoms with Gasteiger partial charge in [-0.25, -0.2) is 8.42 Å². The number of hydrogen-bond acceptors (Lipinski definition) is 4. The molecule has 0 aliphatic heterocycles. The second-order valence-corrected chi connectivity index (χ2v) is 5.74. The van der Waals surface area contributed by atoms with Crippen LogP contribution in [0.1, 0.15) is 26.2 Å².